The largest absolute Gasteiger partial charge is 0.454 e. The first-order chi connectivity index (χ1) is 17.3. The summed E-state index contributed by atoms with van der Waals surface area (Å²) in [7, 11) is 0. The number of hydrogen-bond acceptors (Lipinski definition) is 7. The summed E-state index contributed by atoms with van der Waals surface area (Å²) in [4.78, 5) is 50.0. The number of azo groups is 1. The molecular formula is C26H30N4O6. The molecule has 2 aromatic carbocycles. The molecule has 0 saturated heterocycles. The Balaban J connectivity index is 1.66. The number of aryl methyl sites for hydroxylation is 1. The van der Waals surface area contributed by atoms with E-state index >= 15 is 0 Å². The quantitative estimate of drug-likeness (QED) is 0.459. The van der Waals surface area contributed by atoms with Crippen molar-refractivity contribution in [2.24, 2.45) is 16.1 Å². The second-order valence-electron chi connectivity index (χ2n) is 8.83. The molecule has 0 fully saturated rings. The van der Waals surface area contributed by atoms with E-state index in [9.17, 15) is 19.2 Å². The van der Waals surface area contributed by atoms with Crippen LogP contribution in [0.15, 0.2) is 70.9 Å². The predicted molar refractivity (Wildman–Crippen MR) is 130 cm³/mol. The van der Waals surface area contributed by atoms with E-state index in [2.05, 4.69) is 20.9 Å². The fourth-order valence-corrected chi connectivity index (χ4v) is 3.65. The molecule has 0 bridgehead atoms. The van der Waals surface area contributed by atoms with Gasteiger partial charge in [0.05, 0.1) is 6.04 Å². The average Bonchev–Trinajstić information content (AvgIpc) is 3.31. The summed E-state index contributed by atoms with van der Waals surface area (Å²) < 4.78 is 10.1. The first-order valence-corrected chi connectivity index (χ1v) is 11.8. The molecule has 1 aliphatic rings. The number of amides is 3. The van der Waals surface area contributed by atoms with Crippen molar-refractivity contribution >= 4 is 23.9 Å². The third-order valence-corrected chi connectivity index (χ3v) is 5.45. The number of cyclic esters (lactones) is 1. The van der Waals surface area contributed by atoms with Crippen molar-refractivity contribution < 1.29 is 28.7 Å². The van der Waals surface area contributed by atoms with Crippen LogP contribution < -0.4 is 10.6 Å². The van der Waals surface area contributed by atoms with Crippen LogP contribution >= 0.6 is 0 Å². The lowest BCUT2D eigenvalue weighted by Gasteiger charge is -2.24. The fourth-order valence-electron chi connectivity index (χ4n) is 3.65. The van der Waals surface area contributed by atoms with Crippen molar-refractivity contribution in [3.05, 3.63) is 71.8 Å². The van der Waals surface area contributed by atoms with E-state index in [4.69, 9.17) is 9.47 Å². The molecule has 1 aliphatic heterocycles. The molecule has 3 rings (SSSR count). The van der Waals surface area contributed by atoms with Gasteiger partial charge in [0.1, 0.15) is 12.6 Å². The minimum Gasteiger partial charge on any atom is -0.445 e. The van der Waals surface area contributed by atoms with E-state index in [1.165, 1.54) is 0 Å². The summed E-state index contributed by atoms with van der Waals surface area (Å²) in [6, 6.07) is 16.7. The Kier molecular flexibility index (Phi) is 9.67. The predicted octanol–water partition coefficient (Wildman–Crippen LogP) is 3.94. The second-order valence-corrected chi connectivity index (χ2v) is 8.83. The summed E-state index contributed by atoms with van der Waals surface area (Å²) in [5, 5.41) is 12.1. The van der Waals surface area contributed by atoms with E-state index in [0.29, 0.717) is 12.8 Å². The summed E-state index contributed by atoms with van der Waals surface area (Å²) in [5.41, 5.74) is 1.78. The fraction of sp³-hybridized carbons (Fsp3) is 0.385. The topological polar surface area (TPSA) is 136 Å². The van der Waals surface area contributed by atoms with Crippen LogP contribution in [-0.2, 0) is 32.1 Å². The maximum atomic E-state index is 13.2. The van der Waals surface area contributed by atoms with Crippen molar-refractivity contribution in [3.63, 3.8) is 0 Å². The van der Waals surface area contributed by atoms with Gasteiger partial charge < -0.3 is 20.1 Å². The van der Waals surface area contributed by atoms with Gasteiger partial charge in [0.25, 0.3) is 6.23 Å². The maximum absolute atomic E-state index is 13.2. The summed E-state index contributed by atoms with van der Waals surface area (Å²) in [6.45, 7) is 3.88. The molecule has 0 saturated carbocycles. The van der Waals surface area contributed by atoms with Gasteiger partial charge >= 0.3 is 12.2 Å². The number of benzene rings is 2. The zero-order valence-corrected chi connectivity index (χ0v) is 20.3. The van der Waals surface area contributed by atoms with Crippen LogP contribution in [0.25, 0.3) is 0 Å². The highest BCUT2D eigenvalue weighted by atomic mass is 16.6. The third-order valence-electron chi connectivity index (χ3n) is 5.45. The summed E-state index contributed by atoms with van der Waals surface area (Å²) >= 11 is 0. The Labute approximate surface area is 209 Å². The Hall–Kier alpha value is -4.08. The highest BCUT2D eigenvalue weighted by Gasteiger charge is 2.35. The maximum Gasteiger partial charge on any atom is 0.454 e. The number of rotatable bonds is 12. The van der Waals surface area contributed by atoms with E-state index in [-0.39, 0.29) is 18.9 Å². The molecule has 0 radical (unpaired) electrons. The Bertz CT molecular complexity index is 1070. The number of hydrogen-bond donors (Lipinski definition) is 2. The number of nitrogens with zero attached hydrogens (tertiary/aromatic N) is 2. The van der Waals surface area contributed by atoms with Crippen molar-refractivity contribution in [2.45, 2.75) is 58.0 Å². The lowest BCUT2D eigenvalue weighted by molar-refractivity contribution is -0.133. The SMILES string of the molecule is CC(C)C[C@H](NC(=O)OCc1ccccc1)C(=O)N[C@@H](CCc1ccccc1)C(=O)C1N=NC(=O)O1. The van der Waals surface area contributed by atoms with Gasteiger partial charge in [-0.05, 0) is 36.3 Å². The van der Waals surface area contributed by atoms with Crippen molar-refractivity contribution in [3.8, 4) is 0 Å². The van der Waals surface area contributed by atoms with Crippen molar-refractivity contribution in [2.75, 3.05) is 0 Å². The minimum atomic E-state index is -1.41. The second kappa shape index (κ2) is 13.1. The molecule has 36 heavy (non-hydrogen) atoms. The lowest BCUT2D eigenvalue weighted by Crippen LogP contribution is -2.53. The van der Waals surface area contributed by atoms with Crippen LogP contribution in [0.4, 0.5) is 9.59 Å². The highest BCUT2D eigenvalue weighted by molar-refractivity contribution is 5.95. The standard InChI is InChI=1S/C26H30N4O6/c1-17(2)15-21(28-25(33)35-16-19-11-7-4-8-12-19)23(32)27-20(14-13-18-9-5-3-6-10-18)22(31)24-29-30-26(34)36-24/h3-12,17,20-21,24H,13-16H2,1-2H3,(H,27,32)(H,28,33)/t20-,21-,24?/m0/s1. The monoisotopic (exact) mass is 494 g/mol. The van der Waals surface area contributed by atoms with Gasteiger partial charge in [0.15, 0.2) is 0 Å². The minimum absolute atomic E-state index is 0.0545. The van der Waals surface area contributed by atoms with Gasteiger partial charge in [-0.15, -0.1) is 5.11 Å². The molecule has 0 aromatic heterocycles. The number of carbonyl (C=O) groups is 4. The molecule has 10 nitrogen and oxygen atoms in total. The van der Waals surface area contributed by atoms with Gasteiger partial charge in [-0.2, -0.15) is 0 Å². The number of alkyl carbamates (subject to hydrolysis) is 1. The molecule has 1 heterocycles. The van der Waals surface area contributed by atoms with Crippen LogP contribution in [0.1, 0.15) is 37.8 Å². The normalized spacial score (nSPS) is 16.2. The number of ketones is 1. The van der Waals surface area contributed by atoms with E-state index in [1.54, 1.807) is 0 Å². The Morgan fingerprint density at radius 2 is 1.58 bits per heavy atom. The highest BCUT2D eigenvalue weighted by Crippen LogP contribution is 2.15. The molecule has 0 spiro atoms. The number of Topliss-reactive ketones (excluding diaryl/α,β-unsaturated/α-hetero) is 1. The molecule has 3 atom stereocenters. The van der Waals surface area contributed by atoms with Crippen LogP contribution in [0.2, 0.25) is 0 Å². The molecule has 190 valence electrons. The first-order valence-electron chi connectivity index (χ1n) is 11.8. The molecule has 1 unspecified atom stereocenters. The number of ether oxygens (including phenoxy) is 2. The average molecular weight is 495 g/mol. The van der Waals surface area contributed by atoms with E-state index in [1.807, 2.05) is 74.5 Å². The molecule has 10 heteroatoms. The zero-order chi connectivity index (χ0) is 25.9. The summed E-state index contributed by atoms with van der Waals surface area (Å²) in [6.07, 6.45) is -2.07. The zero-order valence-electron chi connectivity index (χ0n) is 20.3. The van der Waals surface area contributed by atoms with Crippen LogP contribution in [0.5, 0.6) is 0 Å². The van der Waals surface area contributed by atoms with Gasteiger partial charge in [-0.1, -0.05) is 79.6 Å². The molecular weight excluding hydrogens is 464 g/mol. The van der Waals surface area contributed by atoms with Gasteiger partial charge in [-0.3, -0.25) is 9.59 Å². The van der Waals surface area contributed by atoms with Crippen molar-refractivity contribution in [1.82, 2.24) is 10.6 Å². The Morgan fingerprint density at radius 3 is 2.17 bits per heavy atom. The smallest absolute Gasteiger partial charge is 0.445 e. The van der Waals surface area contributed by atoms with Crippen LogP contribution in [0.3, 0.4) is 0 Å². The molecule has 0 aliphatic carbocycles. The van der Waals surface area contributed by atoms with Crippen molar-refractivity contribution in [1.29, 1.82) is 0 Å². The number of nitrogens with one attached hydrogen (secondary N) is 2. The van der Waals surface area contributed by atoms with E-state index in [0.717, 1.165) is 11.1 Å². The van der Waals surface area contributed by atoms with Gasteiger partial charge in [-0.25, -0.2) is 9.59 Å². The summed E-state index contributed by atoms with van der Waals surface area (Å²) in [5.74, 6) is -1.07. The first kappa shape index (κ1) is 26.5. The van der Waals surface area contributed by atoms with Crippen LogP contribution in [-0.4, -0.2) is 42.2 Å². The van der Waals surface area contributed by atoms with E-state index < -0.39 is 42.2 Å². The molecule has 2 aromatic rings. The third kappa shape index (κ3) is 8.30. The number of carbonyl (C=O) groups excluding carboxylic acids is 4. The van der Waals surface area contributed by atoms with Crippen LogP contribution in [0, 0.1) is 5.92 Å². The van der Waals surface area contributed by atoms with Gasteiger partial charge in [0, 0.05) is 0 Å². The molecule has 3 amide bonds. The lowest BCUT2D eigenvalue weighted by atomic mass is 9.99. The molecule has 2 N–H and O–H groups in total. The Morgan fingerprint density at radius 1 is 0.944 bits per heavy atom. The van der Waals surface area contributed by atoms with Gasteiger partial charge in [0.2, 0.25) is 11.7 Å².